The van der Waals surface area contributed by atoms with E-state index in [1.165, 1.54) is 0 Å². The largest absolute Gasteiger partial charge is 0.338 e. The third kappa shape index (κ3) is 4.58. The van der Waals surface area contributed by atoms with Gasteiger partial charge in [-0.15, -0.1) is 11.3 Å². The summed E-state index contributed by atoms with van der Waals surface area (Å²) < 4.78 is 0. The zero-order chi connectivity index (χ0) is 19.2. The topological polar surface area (TPSA) is 83.9 Å². The summed E-state index contributed by atoms with van der Waals surface area (Å²) in [6.07, 6.45) is 13.8. The van der Waals surface area contributed by atoms with E-state index in [0.717, 1.165) is 35.8 Å². The van der Waals surface area contributed by atoms with Crippen LogP contribution in [0.3, 0.4) is 0 Å². The van der Waals surface area contributed by atoms with E-state index in [9.17, 15) is 4.79 Å². The van der Waals surface area contributed by atoms with Gasteiger partial charge >= 0.3 is 0 Å². The van der Waals surface area contributed by atoms with E-state index in [-0.39, 0.29) is 11.8 Å². The Morgan fingerprint density at radius 2 is 2.18 bits per heavy atom. The van der Waals surface area contributed by atoms with Crippen molar-refractivity contribution < 1.29 is 4.79 Å². The predicted molar refractivity (Wildman–Crippen MR) is 109 cm³/mol. The Kier molecular flexibility index (Phi) is 5.67. The Morgan fingerprint density at radius 1 is 1.25 bits per heavy atom. The Labute approximate surface area is 167 Å². The lowest BCUT2D eigenvalue weighted by molar-refractivity contribution is -0.127. The lowest BCUT2D eigenvalue weighted by Crippen LogP contribution is -2.38. The molecule has 0 aliphatic carbocycles. The van der Waals surface area contributed by atoms with Gasteiger partial charge in [-0.2, -0.15) is 0 Å². The van der Waals surface area contributed by atoms with Crippen molar-refractivity contribution in [1.82, 2.24) is 24.8 Å². The minimum absolute atomic E-state index is 0.0293. The Hall–Kier alpha value is -3.13. The standard InChI is InChI=1S/C20H20N6OS/c27-19(6-5-15-3-1-7-21-11-15)26-10-2-4-16(13-26)17-14-28-20(24-17)25-18-12-22-8-9-23-18/h1,3,5-9,11-12,14,16H,2,4,10,13H2,(H,23,24,25)/b6-5+/t16-/m0/s1. The molecule has 0 unspecified atom stereocenters. The highest BCUT2D eigenvalue weighted by Gasteiger charge is 2.25. The van der Waals surface area contributed by atoms with E-state index in [4.69, 9.17) is 4.98 Å². The van der Waals surface area contributed by atoms with Crippen molar-refractivity contribution in [3.05, 3.63) is 65.8 Å². The van der Waals surface area contributed by atoms with Crippen molar-refractivity contribution >= 4 is 34.3 Å². The van der Waals surface area contributed by atoms with Crippen molar-refractivity contribution in [2.45, 2.75) is 18.8 Å². The van der Waals surface area contributed by atoms with Gasteiger partial charge in [0, 0.05) is 55.3 Å². The van der Waals surface area contributed by atoms with Crippen LogP contribution in [0.15, 0.2) is 54.6 Å². The van der Waals surface area contributed by atoms with Crippen LogP contribution in [0.25, 0.3) is 6.08 Å². The van der Waals surface area contributed by atoms with Crippen LogP contribution in [0, 0.1) is 0 Å². The minimum atomic E-state index is 0.0293. The highest BCUT2D eigenvalue weighted by atomic mass is 32.1. The zero-order valence-corrected chi connectivity index (χ0v) is 16.0. The number of amides is 1. The van der Waals surface area contributed by atoms with E-state index in [2.05, 4.69) is 25.6 Å². The quantitative estimate of drug-likeness (QED) is 0.669. The van der Waals surface area contributed by atoms with Gasteiger partial charge in [-0.05, 0) is 30.5 Å². The minimum Gasteiger partial charge on any atom is -0.338 e. The van der Waals surface area contributed by atoms with Crippen LogP contribution in [0.1, 0.15) is 30.0 Å². The molecule has 4 heterocycles. The maximum Gasteiger partial charge on any atom is 0.246 e. The Morgan fingerprint density at radius 3 is 3.00 bits per heavy atom. The molecule has 0 aromatic carbocycles. The third-order valence-corrected chi connectivity index (χ3v) is 5.35. The molecule has 1 atom stereocenters. The maximum atomic E-state index is 12.6. The van der Waals surface area contributed by atoms with Crippen molar-refractivity contribution in [2.75, 3.05) is 18.4 Å². The van der Waals surface area contributed by atoms with Gasteiger partial charge < -0.3 is 10.2 Å². The van der Waals surface area contributed by atoms with Crippen LogP contribution >= 0.6 is 11.3 Å². The molecule has 28 heavy (non-hydrogen) atoms. The summed E-state index contributed by atoms with van der Waals surface area (Å²) in [4.78, 5) is 31.5. The summed E-state index contributed by atoms with van der Waals surface area (Å²) in [7, 11) is 0. The molecule has 1 N–H and O–H groups in total. The van der Waals surface area contributed by atoms with Crippen LogP contribution in [0.2, 0.25) is 0 Å². The molecular weight excluding hydrogens is 372 g/mol. The molecule has 7 nitrogen and oxygen atoms in total. The smallest absolute Gasteiger partial charge is 0.246 e. The summed E-state index contributed by atoms with van der Waals surface area (Å²) in [5.41, 5.74) is 1.94. The summed E-state index contributed by atoms with van der Waals surface area (Å²) in [6.45, 7) is 1.46. The van der Waals surface area contributed by atoms with Crippen LogP contribution < -0.4 is 5.32 Å². The molecule has 1 amide bonds. The molecule has 3 aromatic heterocycles. The van der Waals surface area contributed by atoms with Crippen molar-refractivity contribution in [3.8, 4) is 0 Å². The first-order valence-electron chi connectivity index (χ1n) is 9.13. The SMILES string of the molecule is O=C(/C=C/c1cccnc1)N1CCC[C@H](c2csc(Nc3cnccn3)n2)C1. The van der Waals surface area contributed by atoms with Crippen molar-refractivity contribution in [2.24, 2.45) is 0 Å². The van der Waals surface area contributed by atoms with E-state index >= 15 is 0 Å². The van der Waals surface area contributed by atoms with Gasteiger partial charge in [-0.25, -0.2) is 9.97 Å². The third-order valence-electron chi connectivity index (χ3n) is 4.57. The molecule has 1 aliphatic rings. The van der Waals surface area contributed by atoms with Gasteiger partial charge in [0.05, 0.1) is 11.9 Å². The highest BCUT2D eigenvalue weighted by molar-refractivity contribution is 7.13. The summed E-state index contributed by atoms with van der Waals surface area (Å²) >= 11 is 1.54. The lowest BCUT2D eigenvalue weighted by Gasteiger charge is -2.31. The molecule has 1 aliphatic heterocycles. The zero-order valence-electron chi connectivity index (χ0n) is 15.2. The summed E-state index contributed by atoms with van der Waals surface area (Å²) in [6, 6.07) is 3.78. The van der Waals surface area contributed by atoms with Crippen LogP contribution in [0.5, 0.6) is 0 Å². The molecule has 0 radical (unpaired) electrons. The normalized spacial score (nSPS) is 17.0. The van der Waals surface area contributed by atoms with Gasteiger partial charge in [-0.1, -0.05) is 6.07 Å². The Balaban J connectivity index is 1.38. The van der Waals surface area contributed by atoms with Crippen LogP contribution in [-0.4, -0.2) is 43.8 Å². The second-order valence-electron chi connectivity index (χ2n) is 6.54. The predicted octanol–water partition coefficient (Wildman–Crippen LogP) is 3.49. The first kappa shape index (κ1) is 18.2. The molecule has 0 spiro atoms. The number of nitrogens with zero attached hydrogens (tertiary/aromatic N) is 5. The van der Waals surface area contributed by atoms with E-state index < -0.39 is 0 Å². The number of piperidine rings is 1. The molecule has 0 bridgehead atoms. The maximum absolute atomic E-state index is 12.6. The number of likely N-dealkylation sites (tertiary alicyclic amines) is 1. The van der Waals surface area contributed by atoms with E-state index in [1.54, 1.807) is 48.4 Å². The molecule has 1 fully saturated rings. The number of carbonyl (C=O) groups excluding carboxylic acids is 1. The molecule has 142 valence electrons. The Bertz CT molecular complexity index is 944. The number of hydrogen-bond donors (Lipinski definition) is 1. The van der Waals surface area contributed by atoms with E-state index in [1.807, 2.05) is 23.1 Å². The van der Waals surface area contributed by atoms with Gasteiger partial charge in [0.25, 0.3) is 0 Å². The van der Waals surface area contributed by atoms with Crippen molar-refractivity contribution in [1.29, 1.82) is 0 Å². The first-order chi connectivity index (χ1) is 13.8. The highest BCUT2D eigenvalue weighted by Crippen LogP contribution is 2.30. The molecule has 1 saturated heterocycles. The number of anilines is 2. The fraction of sp³-hybridized carbons (Fsp3) is 0.250. The second-order valence-corrected chi connectivity index (χ2v) is 7.39. The average molecular weight is 392 g/mol. The number of thiazole rings is 1. The number of pyridine rings is 1. The van der Waals surface area contributed by atoms with E-state index in [0.29, 0.717) is 12.4 Å². The average Bonchev–Trinajstić information content (AvgIpc) is 3.22. The molecular formula is C20H20N6OS. The fourth-order valence-electron chi connectivity index (χ4n) is 3.17. The summed E-state index contributed by atoms with van der Waals surface area (Å²) in [5, 5.41) is 6.02. The van der Waals surface area contributed by atoms with Gasteiger partial charge in [0.15, 0.2) is 10.9 Å². The molecule has 8 heteroatoms. The first-order valence-corrected chi connectivity index (χ1v) is 10.0. The number of hydrogen-bond acceptors (Lipinski definition) is 7. The lowest BCUT2D eigenvalue weighted by atomic mass is 9.95. The number of nitrogens with one attached hydrogen (secondary N) is 1. The van der Waals surface area contributed by atoms with Gasteiger partial charge in [0.1, 0.15) is 0 Å². The number of aromatic nitrogens is 4. The van der Waals surface area contributed by atoms with Crippen molar-refractivity contribution in [3.63, 3.8) is 0 Å². The number of rotatable bonds is 5. The monoisotopic (exact) mass is 392 g/mol. The molecule has 4 rings (SSSR count). The summed E-state index contributed by atoms with van der Waals surface area (Å²) in [5.74, 6) is 0.948. The fourth-order valence-corrected chi connectivity index (χ4v) is 3.97. The second kappa shape index (κ2) is 8.71. The van der Waals surface area contributed by atoms with Gasteiger partial charge in [-0.3, -0.25) is 14.8 Å². The molecule has 0 saturated carbocycles. The number of carbonyl (C=O) groups is 1. The van der Waals surface area contributed by atoms with Crippen LogP contribution in [0.4, 0.5) is 10.9 Å². The van der Waals surface area contributed by atoms with Crippen LogP contribution in [-0.2, 0) is 4.79 Å². The van der Waals surface area contributed by atoms with Gasteiger partial charge in [0.2, 0.25) is 5.91 Å². The molecule has 3 aromatic rings.